The van der Waals surface area contributed by atoms with Crippen molar-refractivity contribution < 1.29 is 0 Å². The fraction of sp³-hybridized carbons (Fsp3) is 0. The fourth-order valence-electron chi connectivity index (χ4n) is 10.3. The molecule has 2 heterocycles. The molecule has 314 valence electrons. The summed E-state index contributed by atoms with van der Waals surface area (Å²) < 4.78 is 4.79. The molecule has 0 aliphatic carbocycles. The van der Waals surface area contributed by atoms with Crippen LogP contribution in [0.1, 0.15) is 0 Å². The van der Waals surface area contributed by atoms with E-state index in [4.69, 9.17) is 0 Å². The van der Waals surface area contributed by atoms with Crippen LogP contribution in [0.5, 0.6) is 0 Å². The van der Waals surface area contributed by atoms with Gasteiger partial charge in [-0.05, 0) is 153 Å². The van der Waals surface area contributed by atoms with Crippen molar-refractivity contribution in [2.75, 3.05) is 4.90 Å². The molecule has 67 heavy (non-hydrogen) atoms. The van der Waals surface area contributed by atoms with Gasteiger partial charge in [0.1, 0.15) is 0 Å². The SMILES string of the molecule is c1ccc(N(c2ccc(-c3cc(-c4ccc5c(c4)c4ccccc4n5-c4ccccc4)cc(-c4ccc5c6ccccc6n(-c6ccccc6)c5c4)c3)cc2)c2ccc3ccccc3c2)cc1. The highest BCUT2D eigenvalue weighted by atomic mass is 15.1. The maximum absolute atomic E-state index is 2.40. The van der Waals surface area contributed by atoms with E-state index in [1.165, 1.54) is 71.1 Å². The third-order valence-corrected chi connectivity index (χ3v) is 13.4. The lowest BCUT2D eigenvalue weighted by Gasteiger charge is -2.26. The van der Waals surface area contributed by atoms with Crippen LogP contribution in [0.25, 0.3) is 99.1 Å². The Labute approximate surface area is 389 Å². The van der Waals surface area contributed by atoms with Gasteiger partial charge in [0.25, 0.3) is 0 Å². The second-order valence-electron chi connectivity index (χ2n) is 17.4. The first-order valence-corrected chi connectivity index (χ1v) is 23.0. The first-order chi connectivity index (χ1) is 33.2. The van der Waals surface area contributed by atoms with E-state index >= 15 is 0 Å². The van der Waals surface area contributed by atoms with Crippen LogP contribution in [0, 0.1) is 0 Å². The molecule has 0 radical (unpaired) electrons. The average molecular weight is 854 g/mol. The van der Waals surface area contributed by atoms with Crippen LogP contribution in [0.4, 0.5) is 17.1 Å². The minimum absolute atomic E-state index is 1.10. The number of aromatic nitrogens is 2. The molecule has 0 N–H and O–H groups in total. The Kier molecular flexibility index (Phi) is 9.17. The predicted molar refractivity (Wildman–Crippen MR) is 284 cm³/mol. The summed E-state index contributed by atoms with van der Waals surface area (Å²) in [5, 5.41) is 7.41. The number of hydrogen-bond acceptors (Lipinski definition) is 1. The van der Waals surface area contributed by atoms with E-state index in [0.29, 0.717) is 0 Å². The van der Waals surface area contributed by atoms with E-state index in [9.17, 15) is 0 Å². The van der Waals surface area contributed by atoms with Gasteiger partial charge in [-0.1, -0.05) is 152 Å². The minimum atomic E-state index is 1.10. The van der Waals surface area contributed by atoms with E-state index in [1.54, 1.807) is 0 Å². The van der Waals surface area contributed by atoms with Crippen molar-refractivity contribution in [3.8, 4) is 44.8 Å². The van der Waals surface area contributed by atoms with Gasteiger partial charge >= 0.3 is 0 Å². The monoisotopic (exact) mass is 853 g/mol. The molecule has 0 aliphatic rings. The fourth-order valence-corrected chi connectivity index (χ4v) is 10.3. The quantitative estimate of drug-likeness (QED) is 0.148. The van der Waals surface area contributed by atoms with Crippen molar-refractivity contribution in [2.24, 2.45) is 0 Å². The molecular weight excluding hydrogens is 811 g/mol. The molecule has 13 rings (SSSR count). The van der Waals surface area contributed by atoms with Crippen molar-refractivity contribution >= 4 is 71.4 Å². The van der Waals surface area contributed by atoms with E-state index in [0.717, 1.165) is 45.1 Å². The number of fused-ring (bicyclic) bond motifs is 7. The number of hydrogen-bond donors (Lipinski definition) is 0. The smallest absolute Gasteiger partial charge is 0.0547 e. The largest absolute Gasteiger partial charge is 0.310 e. The lowest BCUT2D eigenvalue weighted by Crippen LogP contribution is -2.09. The van der Waals surface area contributed by atoms with Crippen LogP contribution in [0.15, 0.2) is 261 Å². The van der Waals surface area contributed by atoms with E-state index in [-0.39, 0.29) is 0 Å². The first kappa shape index (κ1) is 38.5. The maximum atomic E-state index is 2.40. The standard InChI is InChI=1S/C64H43N3/c1-4-18-52(19-5-1)65(56-35-30-44-16-10-11-17-46(44)41-56)55-33-28-45(29-34-55)49-38-50(47-32-37-63-60(42-47)58-25-13-15-27-62(58)66(63)53-20-6-2-7-21-53)40-51(39-49)48-31-36-59-57-24-12-14-26-61(57)67(64(59)43-48)54-22-8-3-9-23-54/h1-43H. The molecule has 0 saturated carbocycles. The summed E-state index contributed by atoms with van der Waals surface area (Å²) in [4.78, 5) is 2.35. The topological polar surface area (TPSA) is 13.1 Å². The molecular formula is C64H43N3. The molecule has 0 saturated heterocycles. The number of para-hydroxylation sites is 5. The van der Waals surface area contributed by atoms with Gasteiger partial charge in [-0.15, -0.1) is 0 Å². The van der Waals surface area contributed by atoms with Crippen molar-refractivity contribution in [2.45, 2.75) is 0 Å². The number of benzene rings is 11. The average Bonchev–Trinajstić information content (AvgIpc) is 3.92. The van der Waals surface area contributed by atoms with Crippen LogP contribution < -0.4 is 4.90 Å². The van der Waals surface area contributed by atoms with Crippen LogP contribution >= 0.6 is 0 Å². The summed E-state index contributed by atoms with van der Waals surface area (Å²) >= 11 is 0. The summed E-state index contributed by atoms with van der Waals surface area (Å²) in [6.07, 6.45) is 0. The van der Waals surface area contributed by atoms with Gasteiger partial charge in [0.2, 0.25) is 0 Å². The third-order valence-electron chi connectivity index (χ3n) is 13.4. The summed E-state index contributed by atoms with van der Waals surface area (Å²) in [7, 11) is 0. The lowest BCUT2D eigenvalue weighted by atomic mass is 9.92. The van der Waals surface area contributed by atoms with Gasteiger partial charge in [0.05, 0.1) is 22.1 Å². The van der Waals surface area contributed by atoms with E-state index in [1.807, 2.05) is 0 Å². The zero-order valence-corrected chi connectivity index (χ0v) is 36.7. The molecule has 0 amide bonds. The molecule has 0 unspecified atom stereocenters. The number of anilines is 3. The van der Waals surface area contributed by atoms with E-state index < -0.39 is 0 Å². The molecule has 2 aromatic heterocycles. The first-order valence-electron chi connectivity index (χ1n) is 23.0. The maximum Gasteiger partial charge on any atom is 0.0547 e. The molecule has 0 aliphatic heterocycles. The van der Waals surface area contributed by atoms with E-state index in [2.05, 4.69) is 275 Å². The highest BCUT2D eigenvalue weighted by Crippen LogP contribution is 2.42. The molecule has 3 heteroatoms. The Morgan fingerprint density at radius 3 is 1.34 bits per heavy atom. The van der Waals surface area contributed by atoms with Gasteiger partial charge < -0.3 is 14.0 Å². The van der Waals surface area contributed by atoms with Crippen molar-refractivity contribution in [3.63, 3.8) is 0 Å². The molecule has 0 bridgehead atoms. The lowest BCUT2D eigenvalue weighted by molar-refractivity contribution is 1.18. The van der Waals surface area contributed by atoms with Gasteiger partial charge in [0.15, 0.2) is 0 Å². The van der Waals surface area contributed by atoms with Gasteiger partial charge in [0, 0.05) is 50.0 Å². The summed E-state index contributed by atoms with van der Waals surface area (Å²) in [6.45, 7) is 0. The molecule has 0 fully saturated rings. The van der Waals surface area contributed by atoms with Gasteiger partial charge in [-0.3, -0.25) is 0 Å². The van der Waals surface area contributed by atoms with Gasteiger partial charge in [-0.25, -0.2) is 0 Å². The second kappa shape index (κ2) is 16.0. The predicted octanol–water partition coefficient (Wildman–Crippen LogP) is 17.5. The van der Waals surface area contributed by atoms with Crippen LogP contribution in [0.2, 0.25) is 0 Å². The van der Waals surface area contributed by atoms with Gasteiger partial charge in [-0.2, -0.15) is 0 Å². The molecule has 3 nitrogen and oxygen atoms in total. The summed E-state index contributed by atoms with van der Waals surface area (Å²) in [6, 6.07) is 95.1. The van der Waals surface area contributed by atoms with Crippen molar-refractivity contribution in [1.29, 1.82) is 0 Å². The third kappa shape index (κ3) is 6.67. The molecule has 11 aromatic carbocycles. The zero-order valence-electron chi connectivity index (χ0n) is 36.7. The van der Waals surface area contributed by atoms with Crippen LogP contribution in [-0.4, -0.2) is 9.13 Å². The Morgan fingerprint density at radius 1 is 0.224 bits per heavy atom. The van der Waals surface area contributed by atoms with Crippen molar-refractivity contribution in [3.05, 3.63) is 261 Å². The number of rotatable bonds is 8. The Morgan fingerprint density at radius 2 is 0.672 bits per heavy atom. The highest BCUT2D eigenvalue weighted by molar-refractivity contribution is 6.12. The Hall–Kier alpha value is -8.92. The zero-order chi connectivity index (χ0) is 44.3. The molecule has 13 aromatic rings. The minimum Gasteiger partial charge on any atom is -0.310 e. The Bertz CT molecular complexity index is 3960. The Balaban J connectivity index is 0.988. The molecule has 0 atom stereocenters. The summed E-state index contributed by atoms with van der Waals surface area (Å²) in [5.74, 6) is 0. The van der Waals surface area contributed by atoms with Crippen LogP contribution in [-0.2, 0) is 0 Å². The molecule has 0 spiro atoms. The summed E-state index contributed by atoms with van der Waals surface area (Å²) in [5.41, 5.74) is 17.4. The number of nitrogens with zero attached hydrogens (tertiary/aromatic N) is 3. The normalized spacial score (nSPS) is 11.6. The second-order valence-corrected chi connectivity index (χ2v) is 17.4. The van der Waals surface area contributed by atoms with Crippen LogP contribution in [0.3, 0.4) is 0 Å². The van der Waals surface area contributed by atoms with Crippen molar-refractivity contribution in [1.82, 2.24) is 9.13 Å². The highest BCUT2D eigenvalue weighted by Gasteiger charge is 2.18.